The second-order valence-electron chi connectivity index (χ2n) is 14.0. The van der Waals surface area contributed by atoms with Crippen molar-refractivity contribution in [3.8, 4) is 0 Å². The van der Waals surface area contributed by atoms with Crippen LogP contribution in [-0.4, -0.2) is 27.5 Å². The molecule has 0 aliphatic carbocycles. The van der Waals surface area contributed by atoms with E-state index in [4.69, 9.17) is 15.0 Å². The van der Waals surface area contributed by atoms with E-state index < -0.39 is 7.82 Å². The minimum Gasteiger partial charge on any atom is -0.303 e. The molecule has 0 saturated heterocycles. The molecule has 0 rings (SSSR count). The van der Waals surface area contributed by atoms with E-state index >= 15 is 0 Å². The molecule has 276 valence electrons. The molecule has 0 aliphatic heterocycles. The van der Waals surface area contributed by atoms with Crippen LogP contribution in [-0.2, 0) is 13.9 Å². The zero-order valence-corrected chi connectivity index (χ0v) is 31.1. The second-order valence-corrected chi connectivity index (χ2v) is 15.2. The van der Waals surface area contributed by atoms with Crippen molar-refractivity contribution >= 4 is 13.7 Å². The fraction of sp³-hybridized carbons (Fsp3) is 0.974. The van der Waals surface area contributed by atoms with Crippen LogP contribution in [0.25, 0.3) is 0 Å². The summed E-state index contributed by atoms with van der Waals surface area (Å²) < 4.78 is 15.1. The van der Waals surface area contributed by atoms with Crippen LogP contribution in [0.3, 0.4) is 0 Å². The van der Waals surface area contributed by atoms with Gasteiger partial charge in [-0.2, -0.15) is 0 Å². The molecule has 0 radical (unpaired) electrons. The minimum atomic E-state index is -4.28. The summed E-state index contributed by atoms with van der Waals surface area (Å²) >= 11 is 0. The third-order valence-electron chi connectivity index (χ3n) is 9.43. The number of hydrogen-bond donors (Lipinski definition) is 4. The Labute approximate surface area is 285 Å². The molecule has 0 fully saturated rings. The van der Waals surface area contributed by atoms with Gasteiger partial charge in [0.25, 0.3) is 0 Å². The van der Waals surface area contributed by atoms with Gasteiger partial charge in [0.1, 0.15) is 0 Å². The molecule has 7 nitrogen and oxygen atoms in total. The van der Waals surface area contributed by atoms with Crippen molar-refractivity contribution in [2.24, 2.45) is 0 Å². The molecule has 0 unspecified atom stereocenters. The number of carbonyl (C=O) groups is 1. The number of carbonyl (C=O) groups excluding carboxylic acids is 1. The monoisotopic (exact) mass is 676 g/mol. The number of phosphoric acid groups is 1. The van der Waals surface area contributed by atoms with Gasteiger partial charge in [-0.25, -0.2) is 10.0 Å². The normalized spacial score (nSPS) is 11.8. The molecule has 0 aromatic carbocycles. The Morgan fingerprint density at radius 2 is 0.587 bits per heavy atom. The molecular formula is C38H78NO6P. The average molecular weight is 676 g/mol. The zero-order chi connectivity index (χ0) is 33.7. The van der Waals surface area contributed by atoms with E-state index in [1.54, 1.807) is 5.48 Å². The van der Waals surface area contributed by atoms with Crippen LogP contribution in [0.4, 0.5) is 0 Å². The highest BCUT2D eigenvalue weighted by atomic mass is 31.2. The molecule has 0 spiro atoms. The van der Waals surface area contributed by atoms with Crippen molar-refractivity contribution in [2.75, 3.05) is 6.61 Å². The van der Waals surface area contributed by atoms with Gasteiger partial charge in [-0.1, -0.05) is 212 Å². The fourth-order valence-corrected chi connectivity index (χ4v) is 6.83. The number of hydroxylamine groups is 1. The first-order valence-corrected chi connectivity index (χ1v) is 21.6. The molecule has 0 bridgehead atoms. The summed E-state index contributed by atoms with van der Waals surface area (Å²) in [5, 5.41) is 8.46. The average Bonchev–Trinajstić information content (AvgIpc) is 3.03. The Bertz CT molecular complexity index is 659. The number of hydrogen-bond acceptors (Lipinski definition) is 4. The molecule has 0 aromatic heterocycles. The van der Waals surface area contributed by atoms with Crippen molar-refractivity contribution in [3.63, 3.8) is 0 Å². The van der Waals surface area contributed by atoms with Crippen molar-refractivity contribution in [3.05, 3.63) is 0 Å². The molecule has 4 N–H and O–H groups in total. The summed E-state index contributed by atoms with van der Waals surface area (Å²) in [6, 6.07) is 0. The number of phosphoric ester groups is 1. The zero-order valence-electron chi connectivity index (χ0n) is 30.2. The van der Waals surface area contributed by atoms with Gasteiger partial charge in [0.05, 0.1) is 6.61 Å². The standard InChI is InChI=1S/C38H78NO6P/c40-38(39-41)36-34-32-30-28-26-24-22-20-18-16-14-12-10-8-6-4-2-1-3-5-7-9-11-13-15-17-19-21-23-25-27-29-31-33-35-37-45-46(42,43)44/h41H,1-37H2,(H,39,40)(H2,42,43,44). The van der Waals surface area contributed by atoms with E-state index in [1.807, 2.05) is 0 Å². The van der Waals surface area contributed by atoms with Crippen LogP contribution >= 0.6 is 7.82 Å². The first kappa shape index (κ1) is 45.5. The molecule has 0 heterocycles. The summed E-state index contributed by atoms with van der Waals surface area (Å²) in [5.41, 5.74) is 1.70. The summed E-state index contributed by atoms with van der Waals surface area (Å²) in [6.45, 7) is 0.164. The quantitative estimate of drug-likeness (QED) is 0.0223. The fourth-order valence-electron chi connectivity index (χ4n) is 6.46. The van der Waals surface area contributed by atoms with Crippen LogP contribution in [0.2, 0.25) is 0 Å². The molecular weight excluding hydrogens is 597 g/mol. The van der Waals surface area contributed by atoms with Gasteiger partial charge in [0.2, 0.25) is 5.91 Å². The van der Waals surface area contributed by atoms with E-state index in [9.17, 15) is 9.36 Å². The lowest BCUT2D eigenvalue weighted by Crippen LogP contribution is -2.17. The van der Waals surface area contributed by atoms with Crippen LogP contribution in [0.1, 0.15) is 231 Å². The Morgan fingerprint density at radius 1 is 0.391 bits per heavy atom. The highest BCUT2D eigenvalue weighted by Gasteiger charge is 2.12. The van der Waals surface area contributed by atoms with E-state index in [0.717, 1.165) is 32.1 Å². The van der Waals surface area contributed by atoms with Gasteiger partial charge < -0.3 is 9.79 Å². The maximum absolute atomic E-state index is 10.9. The Balaban J connectivity index is 3.07. The Morgan fingerprint density at radius 3 is 0.783 bits per heavy atom. The lowest BCUT2D eigenvalue weighted by atomic mass is 10.0. The van der Waals surface area contributed by atoms with Gasteiger partial charge >= 0.3 is 7.82 Å². The van der Waals surface area contributed by atoms with Gasteiger partial charge in [-0.3, -0.25) is 14.5 Å². The van der Waals surface area contributed by atoms with Crippen molar-refractivity contribution < 1.29 is 28.9 Å². The largest absolute Gasteiger partial charge is 0.469 e. The predicted octanol–water partition coefficient (Wildman–Crippen LogP) is 12.6. The predicted molar refractivity (Wildman–Crippen MR) is 194 cm³/mol. The Hall–Kier alpha value is -0.460. The number of amides is 1. The lowest BCUT2D eigenvalue weighted by Gasteiger charge is -2.05. The van der Waals surface area contributed by atoms with E-state index in [1.165, 1.54) is 193 Å². The van der Waals surface area contributed by atoms with Crippen LogP contribution in [0.15, 0.2) is 0 Å². The van der Waals surface area contributed by atoms with Gasteiger partial charge in [-0.05, 0) is 12.8 Å². The highest BCUT2D eigenvalue weighted by Crippen LogP contribution is 2.35. The minimum absolute atomic E-state index is 0.164. The van der Waals surface area contributed by atoms with Gasteiger partial charge in [-0.15, -0.1) is 0 Å². The maximum Gasteiger partial charge on any atom is 0.469 e. The number of unbranched alkanes of at least 4 members (excludes halogenated alkanes) is 34. The van der Waals surface area contributed by atoms with Crippen LogP contribution in [0, 0.1) is 0 Å². The number of nitrogens with one attached hydrogen (secondary N) is 1. The lowest BCUT2D eigenvalue weighted by molar-refractivity contribution is -0.129. The highest BCUT2D eigenvalue weighted by molar-refractivity contribution is 7.46. The van der Waals surface area contributed by atoms with Crippen molar-refractivity contribution in [1.82, 2.24) is 5.48 Å². The van der Waals surface area contributed by atoms with E-state index in [-0.39, 0.29) is 12.5 Å². The van der Waals surface area contributed by atoms with E-state index in [2.05, 4.69) is 4.52 Å². The third kappa shape index (κ3) is 41.6. The van der Waals surface area contributed by atoms with E-state index in [0.29, 0.717) is 6.42 Å². The van der Waals surface area contributed by atoms with Gasteiger partial charge in [0, 0.05) is 6.42 Å². The smallest absolute Gasteiger partial charge is 0.303 e. The number of rotatable bonds is 39. The molecule has 0 saturated carbocycles. The molecule has 1 amide bonds. The SMILES string of the molecule is O=C(CCCCCCCCCCCCCCCCCCCCCCCCCCCCCCCCCCCCCOP(=O)(O)O)NO. The maximum atomic E-state index is 10.9. The third-order valence-corrected chi connectivity index (χ3v) is 9.95. The molecule has 0 aromatic rings. The Kier molecular flexibility index (Phi) is 37.0. The van der Waals surface area contributed by atoms with Crippen molar-refractivity contribution in [1.29, 1.82) is 0 Å². The summed E-state index contributed by atoms with van der Waals surface area (Å²) in [5.74, 6) is -0.262. The topological polar surface area (TPSA) is 116 Å². The molecule has 0 aliphatic rings. The van der Waals surface area contributed by atoms with Crippen LogP contribution < -0.4 is 5.48 Å². The summed E-state index contributed by atoms with van der Waals surface area (Å²) in [4.78, 5) is 28.2. The molecule has 46 heavy (non-hydrogen) atoms. The van der Waals surface area contributed by atoms with Gasteiger partial charge in [0.15, 0.2) is 0 Å². The summed E-state index contributed by atoms with van der Waals surface area (Å²) in [7, 11) is -4.28. The van der Waals surface area contributed by atoms with Crippen molar-refractivity contribution in [2.45, 2.75) is 231 Å². The van der Waals surface area contributed by atoms with Crippen LogP contribution in [0.5, 0.6) is 0 Å². The second kappa shape index (κ2) is 37.4. The summed E-state index contributed by atoms with van der Waals surface area (Å²) in [6.07, 6.45) is 46.9. The molecule has 8 heteroatoms. The first-order chi connectivity index (χ1) is 22.5. The molecule has 0 atom stereocenters. The first-order valence-electron chi connectivity index (χ1n) is 20.1.